The quantitative estimate of drug-likeness (QED) is 0.913. The molecule has 0 aliphatic carbocycles. The summed E-state index contributed by atoms with van der Waals surface area (Å²) < 4.78 is 18.7. The minimum absolute atomic E-state index is 0.0437. The molecule has 0 unspecified atom stereocenters. The van der Waals surface area contributed by atoms with Crippen molar-refractivity contribution in [2.24, 2.45) is 0 Å². The van der Waals surface area contributed by atoms with Gasteiger partial charge in [0.2, 0.25) is 5.91 Å². The van der Waals surface area contributed by atoms with Crippen molar-refractivity contribution in [2.75, 3.05) is 25.0 Å². The Labute approximate surface area is 138 Å². The molecule has 0 saturated carbocycles. The van der Waals surface area contributed by atoms with Crippen LogP contribution in [-0.4, -0.2) is 41.5 Å². The molecule has 0 bridgehead atoms. The fraction of sp³-hybridized carbons (Fsp3) is 0.375. The molecule has 5 nitrogen and oxygen atoms in total. The summed E-state index contributed by atoms with van der Waals surface area (Å²) in [6, 6.07) is 6.08. The number of amides is 1. The molecule has 0 atom stereocenters. The molecule has 2 heterocycles. The van der Waals surface area contributed by atoms with E-state index in [2.05, 4.69) is 15.2 Å². The number of hydrogen-bond donors (Lipinski definition) is 1. The van der Waals surface area contributed by atoms with Crippen molar-refractivity contribution in [3.05, 3.63) is 41.7 Å². The van der Waals surface area contributed by atoms with Crippen LogP contribution in [0.15, 0.2) is 35.8 Å². The Balaban J connectivity index is 1.41. The molecule has 1 aliphatic rings. The number of rotatable bonds is 5. The van der Waals surface area contributed by atoms with Gasteiger partial charge in [0, 0.05) is 24.7 Å². The van der Waals surface area contributed by atoms with Gasteiger partial charge in [-0.25, -0.2) is 9.37 Å². The molecule has 1 aromatic carbocycles. The van der Waals surface area contributed by atoms with Crippen molar-refractivity contribution >= 4 is 22.4 Å². The summed E-state index contributed by atoms with van der Waals surface area (Å²) in [5, 5.41) is 5.24. The maximum Gasteiger partial charge on any atom is 0.240 e. The zero-order valence-corrected chi connectivity index (χ0v) is 13.4. The van der Waals surface area contributed by atoms with Crippen LogP contribution in [0.2, 0.25) is 0 Å². The van der Waals surface area contributed by atoms with E-state index in [1.807, 2.05) is 5.38 Å². The number of likely N-dealkylation sites (tertiary alicyclic amines) is 1. The van der Waals surface area contributed by atoms with Crippen LogP contribution >= 0.6 is 11.3 Å². The molecule has 2 aromatic rings. The first-order valence-corrected chi connectivity index (χ1v) is 8.41. The molecule has 122 valence electrons. The number of hydrogen-bond acceptors (Lipinski definition) is 5. The summed E-state index contributed by atoms with van der Waals surface area (Å²) in [5.41, 5.74) is 0. The summed E-state index contributed by atoms with van der Waals surface area (Å²) in [7, 11) is 0. The van der Waals surface area contributed by atoms with Gasteiger partial charge in [0.05, 0.1) is 6.54 Å². The number of aromatic nitrogens is 1. The van der Waals surface area contributed by atoms with Crippen LogP contribution in [0.25, 0.3) is 0 Å². The second-order valence-corrected chi connectivity index (χ2v) is 6.33. The lowest BCUT2D eigenvalue weighted by atomic mass is 10.1. The third-order valence-corrected chi connectivity index (χ3v) is 4.39. The molecule has 1 aliphatic heterocycles. The van der Waals surface area contributed by atoms with Gasteiger partial charge in [0.1, 0.15) is 17.7 Å². The van der Waals surface area contributed by atoms with Crippen molar-refractivity contribution in [1.29, 1.82) is 0 Å². The van der Waals surface area contributed by atoms with Crippen molar-refractivity contribution in [2.45, 2.75) is 18.9 Å². The normalized spacial score (nSPS) is 16.2. The molecular formula is C16H18FN3O2S. The van der Waals surface area contributed by atoms with Crippen LogP contribution in [0.3, 0.4) is 0 Å². The second-order valence-electron chi connectivity index (χ2n) is 5.43. The van der Waals surface area contributed by atoms with Gasteiger partial charge in [-0.1, -0.05) is 0 Å². The lowest BCUT2D eigenvalue weighted by Gasteiger charge is -2.31. The topological polar surface area (TPSA) is 54.5 Å². The predicted molar refractivity (Wildman–Crippen MR) is 87.2 cm³/mol. The molecular weight excluding hydrogens is 317 g/mol. The number of carbonyl (C=O) groups is 1. The highest BCUT2D eigenvalue weighted by Gasteiger charge is 2.22. The van der Waals surface area contributed by atoms with E-state index in [1.165, 1.54) is 23.5 Å². The highest BCUT2D eigenvalue weighted by atomic mass is 32.1. The first-order chi connectivity index (χ1) is 11.2. The Morgan fingerprint density at radius 3 is 2.74 bits per heavy atom. The smallest absolute Gasteiger partial charge is 0.240 e. The predicted octanol–water partition coefficient (Wildman–Crippen LogP) is 2.76. The molecule has 0 radical (unpaired) electrons. The number of anilines is 1. The lowest BCUT2D eigenvalue weighted by molar-refractivity contribution is -0.117. The highest BCUT2D eigenvalue weighted by Crippen LogP contribution is 2.19. The zero-order chi connectivity index (χ0) is 16.1. The fourth-order valence-corrected chi connectivity index (χ4v) is 3.08. The summed E-state index contributed by atoms with van der Waals surface area (Å²) in [5.74, 6) is 0.377. The van der Waals surface area contributed by atoms with Gasteiger partial charge in [-0.2, -0.15) is 0 Å². The molecule has 7 heteroatoms. The summed E-state index contributed by atoms with van der Waals surface area (Å²) >= 11 is 1.41. The van der Waals surface area contributed by atoms with Crippen LogP contribution in [-0.2, 0) is 4.79 Å². The largest absolute Gasteiger partial charge is 0.490 e. The number of piperidine rings is 1. The van der Waals surface area contributed by atoms with Gasteiger partial charge in [-0.05, 0) is 37.1 Å². The lowest BCUT2D eigenvalue weighted by Crippen LogP contribution is -2.42. The molecule has 0 spiro atoms. The first-order valence-electron chi connectivity index (χ1n) is 7.53. The number of ether oxygens (including phenoxy) is 1. The van der Waals surface area contributed by atoms with Crippen molar-refractivity contribution in [3.8, 4) is 5.75 Å². The van der Waals surface area contributed by atoms with Crippen molar-refractivity contribution in [3.63, 3.8) is 0 Å². The van der Waals surface area contributed by atoms with E-state index in [0.717, 1.165) is 25.9 Å². The number of nitrogens with one attached hydrogen (secondary N) is 1. The van der Waals surface area contributed by atoms with E-state index in [0.29, 0.717) is 17.4 Å². The van der Waals surface area contributed by atoms with E-state index in [4.69, 9.17) is 4.74 Å². The molecule has 1 amide bonds. The van der Waals surface area contributed by atoms with Crippen LogP contribution < -0.4 is 10.1 Å². The molecule has 1 N–H and O–H groups in total. The Bertz CT molecular complexity index is 625. The maximum atomic E-state index is 12.9. The van der Waals surface area contributed by atoms with Crippen LogP contribution in [0.5, 0.6) is 5.75 Å². The molecule has 1 aromatic heterocycles. The summed E-state index contributed by atoms with van der Waals surface area (Å²) in [6.07, 6.45) is 3.47. The van der Waals surface area contributed by atoms with Gasteiger partial charge in [0.15, 0.2) is 5.13 Å². The first kappa shape index (κ1) is 15.9. The fourth-order valence-electron chi connectivity index (χ4n) is 2.54. The average Bonchev–Trinajstić information content (AvgIpc) is 3.04. The molecule has 1 fully saturated rings. The van der Waals surface area contributed by atoms with Gasteiger partial charge in [0.25, 0.3) is 0 Å². The van der Waals surface area contributed by atoms with E-state index in [1.54, 1.807) is 18.3 Å². The number of thiazole rings is 1. The summed E-state index contributed by atoms with van der Waals surface area (Å²) in [6.45, 7) is 1.97. The minimum atomic E-state index is -0.265. The van der Waals surface area contributed by atoms with Gasteiger partial charge < -0.3 is 10.1 Å². The number of halogens is 1. The van der Waals surface area contributed by atoms with E-state index < -0.39 is 0 Å². The third kappa shape index (κ3) is 4.74. The van der Waals surface area contributed by atoms with E-state index in [-0.39, 0.29) is 17.8 Å². The third-order valence-electron chi connectivity index (χ3n) is 3.70. The Hall–Kier alpha value is -1.99. The minimum Gasteiger partial charge on any atom is -0.490 e. The maximum absolute atomic E-state index is 12.9. The second kappa shape index (κ2) is 7.52. The van der Waals surface area contributed by atoms with Gasteiger partial charge >= 0.3 is 0 Å². The van der Waals surface area contributed by atoms with Crippen LogP contribution in [0.4, 0.5) is 9.52 Å². The number of carbonyl (C=O) groups excluding carboxylic acids is 1. The SMILES string of the molecule is O=C(CN1CCC(Oc2ccc(F)cc2)CC1)Nc1nccs1. The summed E-state index contributed by atoms with van der Waals surface area (Å²) in [4.78, 5) is 18.1. The number of benzene rings is 1. The highest BCUT2D eigenvalue weighted by molar-refractivity contribution is 7.13. The Kier molecular flexibility index (Phi) is 5.19. The standard InChI is InChI=1S/C16H18FN3O2S/c17-12-1-3-13(4-2-12)22-14-5-8-20(9-6-14)11-15(21)19-16-18-7-10-23-16/h1-4,7,10,14H,5-6,8-9,11H2,(H,18,19,21). The van der Waals surface area contributed by atoms with Gasteiger partial charge in [-0.15, -0.1) is 11.3 Å². The molecule has 23 heavy (non-hydrogen) atoms. The Morgan fingerprint density at radius 2 is 2.09 bits per heavy atom. The average molecular weight is 335 g/mol. The Morgan fingerprint density at radius 1 is 1.35 bits per heavy atom. The number of nitrogens with zero attached hydrogens (tertiary/aromatic N) is 2. The van der Waals surface area contributed by atoms with Crippen molar-refractivity contribution < 1.29 is 13.9 Å². The van der Waals surface area contributed by atoms with E-state index in [9.17, 15) is 9.18 Å². The van der Waals surface area contributed by atoms with Crippen LogP contribution in [0, 0.1) is 5.82 Å². The molecule has 3 rings (SSSR count). The van der Waals surface area contributed by atoms with Gasteiger partial charge in [-0.3, -0.25) is 9.69 Å². The zero-order valence-electron chi connectivity index (χ0n) is 12.6. The molecule has 1 saturated heterocycles. The van der Waals surface area contributed by atoms with E-state index >= 15 is 0 Å². The van der Waals surface area contributed by atoms with Crippen molar-refractivity contribution in [1.82, 2.24) is 9.88 Å². The monoisotopic (exact) mass is 335 g/mol. The van der Waals surface area contributed by atoms with Crippen LogP contribution in [0.1, 0.15) is 12.8 Å².